The van der Waals surface area contributed by atoms with E-state index in [4.69, 9.17) is 0 Å². The monoisotopic (exact) mass is 330 g/mol. The number of hydrogen-bond acceptors (Lipinski definition) is 3. The van der Waals surface area contributed by atoms with Crippen LogP contribution in [0.2, 0.25) is 0 Å². The Morgan fingerprint density at radius 1 is 1.21 bits per heavy atom. The summed E-state index contributed by atoms with van der Waals surface area (Å²) >= 11 is 0. The number of carbonyl (C=O) groups is 2. The summed E-state index contributed by atoms with van der Waals surface area (Å²) in [4.78, 5) is 24.0. The highest BCUT2D eigenvalue weighted by Crippen LogP contribution is 2.12. The minimum absolute atomic E-state index is 0.0196. The van der Waals surface area contributed by atoms with Crippen LogP contribution in [0.1, 0.15) is 61.4 Å². The molecular formula is C20H30N2O2. The van der Waals surface area contributed by atoms with E-state index in [1.165, 1.54) is 24.8 Å². The van der Waals surface area contributed by atoms with E-state index in [0.29, 0.717) is 18.0 Å². The molecule has 4 nitrogen and oxygen atoms in total. The van der Waals surface area contributed by atoms with Crippen LogP contribution in [0, 0.1) is 5.92 Å². The van der Waals surface area contributed by atoms with Crippen molar-refractivity contribution in [2.45, 2.75) is 51.9 Å². The van der Waals surface area contributed by atoms with Gasteiger partial charge in [0.2, 0.25) is 5.91 Å². The second-order valence-electron chi connectivity index (χ2n) is 6.72. The quantitative estimate of drug-likeness (QED) is 0.648. The molecular weight excluding hydrogens is 300 g/mol. The highest BCUT2D eigenvalue weighted by Gasteiger charge is 2.14. The Hall–Kier alpha value is -1.68. The lowest BCUT2D eigenvalue weighted by atomic mass is 10.0. The summed E-state index contributed by atoms with van der Waals surface area (Å²) in [5, 5.41) is 6.26. The molecule has 132 valence electrons. The standard InChI is InChI=1S/C20H30N2O2/c1-2-3-4-16-5-7-18(8-6-16)19(23)9-10-20(24)22-14-12-17-11-13-21-15-17/h5-8,17,21H,2-4,9-15H2,1H3,(H,22,24). The molecule has 0 radical (unpaired) electrons. The minimum atomic E-state index is -0.0196. The smallest absolute Gasteiger partial charge is 0.220 e. The SMILES string of the molecule is CCCCc1ccc(C(=O)CCC(=O)NCCC2CCNC2)cc1. The van der Waals surface area contributed by atoms with Crippen LogP contribution < -0.4 is 10.6 Å². The van der Waals surface area contributed by atoms with E-state index >= 15 is 0 Å². The number of rotatable bonds is 10. The van der Waals surface area contributed by atoms with E-state index in [2.05, 4.69) is 17.6 Å². The third kappa shape index (κ3) is 6.44. The van der Waals surface area contributed by atoms with Crippen LogP contribution >= 0.6 is 0 Å². The van der Waals surface area contributed by atoms with Gasteiger partial charge in [0.1, 0.15) is 0 Å². The molecule has 1 heterocycles. The Labute approximate surface area is 145 Å². The molecule has 1 atom stereocenters. The molecule has 0 spiro atoms. The van der Waals surface area contributed by atoms with Crippen LogP contribution in [0.3, 0.4) is 0 Å². The van der Waals surface area contributed by atoms with Gasteiger partial charge in [0.15, 0.2) is 5.78 Å². The van der Waals surface area contributed by atoms with Crippen molar-refractivity contribution in [3.63, 3.8) is 0 Å². The van der Waals surface area contributed by atoms with Crippen molar-refractivity contribution in [2.24, 2.45) is 5.92 Å². The Morgan fingerprint density at radius 2 is 2.00 bits per heavy atom. The highest BCUT2D eigenvalue weighted by atomic mass is 16.2. The molecule has 1 aliphatic heterocycles. The second kappa shape index (κ2) is 10.2. The fourth-order valence-corrected chi connectivity index (χ4v) is 3.07. The molecule has 0 aliphatic carbocycles. The Kier molecular flexibility index (Phi) is 7.96. The lowest BCUT2D eigenvalue weighted by Crippen LogP contribution is -2.26. The van der Waals surface area contributed by atoms with Crippen molar-refractivity contribution in [1.82, 2.24) is 10.6 Å². The first-order valence-electron chi connectivity index (χ1n) is 9.28. The summed E-state index contributed by atoms with van der Waals surface area (Å²) in [6.07, 6.45) is 6.18. The van der Waals surface area contributed by atoms with Crippen molar-refractivity contribution in [3.05, 3.63) is 35.4 Å². The predicted molar refractivity (Wildman–Crippen MR) is 97.2 cm³/mol. The van der Waals surface area contributed by atoms with Gasteiger partial charge in [-0.25, -0.2) is 0 Å². The molecule has 1 unspecified atom stereocenters. The average molecular weight is 330 g/mol. The fraction of sp³-hybridized carbons (Fsp3) is 0.600. The molecule has 2 rings (SSSR count). The van der Waals surface area contributed by atoms with E-state index in [1.54, 1.807) is 0 Å². The van der Waals surface area contributed by atoms with Crippen LogP contribution in [0.5, 0.6) is 0 Å². The first kappa shape index (κ1) is 18.7. The Bertz CT molecular complexity index is 519. The number of carbonyl (C=O) groups excluding carboxylic acids is 2. The zero-order valence-electron chi connectivity index (χ0n) is 14.8. The van der Waals surface area contributed by atoms with Crippen molar-refractivity contribution in [1.29, 1.82) is 0 Å². The number of unbranched alkanes of at least 4 members (excludes halogenated alkanes) is 1. The number of amides is 1. The third-order valence-electron chi connectivity index (χ3n) is 4.71. The van der Waals surface area contributed by atoms with Gasteiger partial charge in [-0.2, -0.15) is 0 Å². The van der Waals surface area contributed by atoms with Gasteiger partial charge in [-0.1, -0.05) is 37.6 Å². The van der Waals surface area contributed by atoms with Crippen LogP contribution in [0.25, 0.3) is 0 Å². The zero-order chi connectivity index (χ0) is 17.2. The lowest BCUT2D eigenvalue weighted by Gasteiger charge is -2.09. The summed E-state index contributed by atoms with van der Waals surface area (Å²) in [5.74, 6) is 0.708. The number of ketones is 1. The first-order chi connectivity index (χ1) is 11.7. The van der Waals surface area contributed by atoms with Gasteiger partial charge in [-0.3, -0.25) is 9.59 Å². The normalized spacial score (nSPS) is 17.0. The second-order valence-corrected chi connectivity index (χ2v) is 6.72. The van der Waals surface area contributed by atoms with Crippen LogP contribution in [-0.2, 0) is 11.2 Å². The fourth-order valence-electron chi connectivity index (χ4n) is 3.07. The molecule has 0 aromatic heterocycles. The number of nitrogens with one attached hydrogen (secondary N) is 2. The van der Waals surface area contributed by atoms with Crippen molar-refractivity contribution >= 4 is 11.7 Å². The van der Waals surface area contributed by atoms with E-state index in [0.717, 1.165) is 25.9 Å². The molecule has 0 saturated carbocycles. The molecule has 1 saturated heterocycles. The number of benzene rings is 1. The predicted octanol–water partition coefficient (Wildman–Crippen LogP) is 3.11. The highest BCUT2D eigenvalue weighted by molar-refractivity contribution is 5.97. The topological polar surface area (TPSA) is 58.2 Å². The van der Waals surface area contributed by atoms with E-state index in [-0.39, 0.29) is 24.5 Å². The van der Waals surface area contributed by atoms with Gasteiger partial charge in [0, 0.05) is 24.9 Å². The maximum atomic E-state index is 12.2. The van der Waals surface area contributed by atoms with Crippen molar-refractivity contribution in [2.75, 3.05) is 19.6 Å². The minimum Gasteiger partial charge on any atom is -0.356 e. The number of aryl methyl sites for hydroxylation is 1. The van der Waals surface area contributed by atoms with Gasteiger partial charge in [-0.05, 0) is 50.3 Å². The molecule has 1 amide bonds. The molecule has 4 heteroatoms. The molecule has 2 N–H and O–H groups in total. The van der Waals surface area contributed by atoms with Crippen LogP contribution in [0.15, 0.2) is 24.3 Å². The van der Waals surface area contributed by atoms with Gasteiger partial charge in [0.25, 0.3) is 0 Å². The summed E-state index contributed by atoms with van der Waals surface area (Å²) in [6.45, 7) is 5.03. The maximum Gasteiger partial charge on any atom is 0.220 e. The van der Waals surface area contributed by atoms with Crippen molar-refractivity contribution in [3.8, 4) is 0 Å². The number of hydrogen-bond donors (Lipinski definition) is 2. The molecule has 0 bridgehead atoms. The molecule has 1 aromatic carbocycles. The summed E-state index contributed by atoms with van der Waals surface area (Å²) in [7, 11) is 0. The lowest BCUT2D eigenvalue weighted by molar-refractivity contribution is -0.121. The summed E-state index contributed by atoms with van der Waals surface area (Å²) < 4.78 is 0. The molecule has 1 aromatic rings. The first-order valence-corrected chi connectivity index (χ1v) is 9.28. The molecule has 24 heavy (non-hydrogen) atoms. The van der Waals surface area contributed by atoms with Crippen molar-refractivity contribution < 1.29 is 9.59 Å². The zero-order valence-corrected chi connectivity index (χ0v) is 14.8. The van der Waals surface area contributed by atoms with Crippen LogP contribution in [0.4, 0.5) is 0 Å². The van der Waals surface area contributed by atoms with Gasteiger partial charge in [0.05, 0.1) is 0 Å². The Balaban J connectivity index is 1.65. The largest absolute Gasteiger partial charge is 0.356 e. The van der Waals surface area contributed by atoms with E-state index in [1.807, 2.05) is 24.3 Å². The average Bonchev–Trinajstić information content (AvgIpc) is 3.11. The Morgan fingerprint density at radius 3 is 2.67 bits per heavy atom. The van der Waals surface area contributed by atoms with Gasteiger partial charge < -0.3 is 10.6 Å². The number of Topliss-reactive ketones (excluding diaryl/α,β-unsaturated/α-hetero) is 1. The van der Waals surface area contributed by atoms with Crippen LogP contribution in [-0.4, -0.2) is 31.3 Å². The van der Waals surface area contributed by atoms with E-state index in [9.17, 15) is 9.59 Å². The van der Waals surface area contributed by atoms with E-state index < -0.39 is 0 Å². The molecule has 1 fully saturated rings. The third-order valence-corrected chi connectivity index (χ3v) is 4.71. The summed E-state index contributed by atoms with van der Waals surface area (Å²) in [5.41, 5.74) is 1.98. The molecule has 1 aliphatic rings. The van der Waals surface area contributed by atoms with Gasteiger partial charge in [-0.15, -0.1) is 0 Å². The summed E-state index contributed by atoms with van der Waals surface area (Å²) in [6, 6.07) is 7.83. The maximum absolute atomic E-state index is 12.2. The van der Waals surface area contributed by atoms with Gasteiger partial charge >= 0.3 is 0 Å².